The van der Waals surface area contributed by atoms with Gasteiger partial charge in [0.05, 0.1) is 18.7 Å². The summed E-state index contributed by atoms with van der Waals surface area (Å²) in [6, 6.07) is 8.43. The first-order valence-corrected chi connectivity index (χ1v) is 6.99. The molecule has 0 spiro atoms. The van der Waals surface area contributed by atoms with Crippen molar-refractivity contribution in [2.24, 2.45) is 0 Å². The molecule has 0 radical (unpaired) electrons. The molecule has 3 rings (SSSR count). The Kier molecular flexibility index (Phi) is 3.55. The minimum Gasteiger partial charge on any atom is -0.494 e. The number of imidazole rings is 1. The molecule has 0 saturated carbocycles. The van der Waals surface area contributed by atoms with Crippen LogP contribution in [0.4, 0.5) is 4.39 Å². The molecule has 2 aromatic carbocycles. The number of nitrogens with one attached hydrogen (secondary N) is 1. The standard InChI is InChI=1S/C15H12BrFN2O2/c1-20-11-5-6-12(21-2)14-13(11)18-15(19-14)8-3-4-9(16)10(17)7-8/h3-7H,1-2H3,(H,18,19). The van der Waals surface area contributed by atoms with E-state index in [0.29, 0.717) is 32.9 Å². The number of H-pyrrole nitrogens is 1. The number of fused-ring (bicyclic) bond motifs is 1. The highest BCUT2D eigenvalue weighted by Crippen LogP contribution is 2.34. The molecule has 1 N–H and O–H groups in total. The topological polar surface area (TPSA) is 47.1 Å². The van der Waals surface area contributed by atoms with Gasteiger partial charge in [0.1, 0.15) is 34.2 Å². The first kappa shape index (κ1) is 13.9. The highest BCUT2D eigenvalue weighted by atomic mass is 79.9. The number of methoxy groups -OCH3 is 2. The fraction of sp³-hybridized carbons (Fsp3) is 0.133. The maximum atomic E-state index is 13.7. The van der Waals surface area contributed by atoms with Gasteiger partial charge in [0.25, 0.3) is 0 Å². The molecule has 0 aliphatic heterocycles. The van der Waals surface area contributed by atoms with Crippen LogP contribution in [0.3, 0.4) is 0 Å². The van der Waals surface area contributed by atoms with Gasteiger partial charge in [0.15, 0.2) is 0 Å². The van der Waals surface area contributed by atoms with Crippen molar-refractivity contribution >= 4 is 27.0 Å². The van der Waals surface area contributed by atoms with E-state index in [4.69, 9.17) is 9.47 Å². The Morgan fingerprint density at radius 1 is 1.10 bits per heavy atom. The molecule has 0 atom stereocenters. The summed E-state index contributed by atoms with van der Waals surface area (Å²) in [5.74, 6) is 1.50. The molecule has 0 aliphatic carbocycles. The van der Waals surface area contributed by atoms with Crippen molar-refractivity contribution < 1.29 is 13.9 Å². The summed E-state index contributed by atoms with van der Waals surface area (Å²) in [5.41, 5.74) is 2.02. The molecular formula is C15H12BrFN2O2. The lowest BCUT2D eigenvalue weighted by molar-refractivity contribution is 0.409. The molecular weight excluding hydrogens is 339 g/mol. The minimum atomic E-state index is -0.341. The summed E-state index contributed by atoms with van der Waals surface area (Å²) < 4.78 is 24.7. The van der Waals surface area contributed by atoms with Crippen molar-refractivity contribution in [3.05, 3.63) is 40.6 Å². The number of aromatic nitrogens is 2. The normalized spacial score (nSPS) is 10.9. The number of hydrogen-bond acceptors (Lipinski definition) is 3. The Hall–Kier alpha value is -2.08. The van der Waals surface area contributed by atoms with Crippen LogP contribution in [0, 0.1) is 5.82 Å². The minimum absolute atomic E-state index is 0.341. The maximum absolute atomic E-state index is 13.7. The van der Waals surface area contributed by atoms with E-state index in [2.05, 4.69) is 25.9 Å². The molecule has 6 heteroatoms. The summed E-state index contributed by atoms with van der Waals surface area (Å²) >= 11 is 3.14. The molecule has 1 heterocycles. The zero-order valence-electron chi connectivity index (χ0n) is 11.4. The van der Waals surface area contributed by atoms with Crippen molar-refractivity contribution in [3.63, 3.8) is 0 Å². The first-order chi connectivity index (χ1) is 10.1. The van der Waals surface area contributed by atoms with Crippen LogP contribution in [0.25, 0.3) is 22.4 Å². The lowest BCUT2D eigenvalue weighted by atomic mass is 10.2. The molecule has 3 aromatic rings. The van der Waals surface area contributed by atoms with E-state index < -0.39 is 0 Å². The van der Waals surface area contributed by atoms with Crippen LogP contribution in [0.1, 0.15) is 0 Å². The van der Waals surface area contributed by atoms with Crippen molar-refractivity contribution in [1.82, 2.24) is 9.97 Å². The van der Waals surface area contributed by atoms with Gasteiger partial charge in [0.2, 0.25) is 0 Å². The highest BCUT2D eigenvalue weighted by molar-refractivity contribution is 9.10. The number of benzene rings is 2. The molecule has 0 aliphatic rings. The average Bonchev–Trinajstić information content (AvgIpc) is 2.94. The third kappa shape index (κ3) is 2.35. The Bertz CT molecular complexity index is 776. The molecule has 0 unspecified atom stereocenters. The quantitative estimate of drug-likeness (QED) is 0.771. The van der Waals surface area contributed by atoms with Crippen LogP contribution < -0.4 is 9.47 Å². The van der Waals surface area contributed by atoms with E-state index in [1.54, 1.807) is 38.5 Å². The van der Waals surface area contributed by atoms with Crippen molar-refractivity contribution in [2.45, 2.75) is 0 Å². The van der Waals surface area contributed by atoms with Gasteiger partial charge < -0.3 is 14.5 Å². The van der Waals surface area contributed by atoms with Gasteiger partial charge in [-0.15, -0.1) is 0 Å². The number of nitrogens with zero attached hydrogens (tertiary/aromatic N) is 1. The van der Waals surface area contributed by atoms with E-state index in [9.17, 15) is 4.39 Å². The monoisotopic (exact) mass is 350 g/mol. The van der Waals surface area contributed by atoms with E-state index >= 15 is 0 Å². The zero-order chi connectivity index (χ0) is 15.0. The van der Waals surface area contributed by atoms with Crippen LogP contribution in [0.2, 0.25) is 0 Å². The number of rotatable bonds is 3. The molecule has 4 nitrogen and oxygen atoms in total. The van der Waals surface area contributed by atoms with Crippen molar-refractivity contribution in [3.8, 4) is 22.9 Å². The van der Waals surface area contributed by atoms with Crippen molar-refractivity contribution in [1.29, 1.82) is 0 Å². The van der Waals surface area contributed by atoms with Crippen LogP contribution in [-0.4, -0.2) is 24.2 Å². The third-order valence-corrected chi connectivity index (χ3v) is 3.85. The number of aromatic amines is 1. The Morgan fingerprint density at radius 3 is 2.48 bits per heavy atom. The van der Waals surface area contributed by atoms with Gasteiger partial charge >= 0.3 is 0 Å². The number of halogens is 2. The molecule has 0 fully saturated rings. The SMILES string of the molecule is COc1ccc(OC)c2[nH]c(-c3ccc(Br)c(F)c3)nc12. The fourth-order valence-corrected chi connectivity index (χ4v) is 2.41. The maximum Gasteiger partial charge on any atom is 0.146 e. The molecule has 0 bridgehead atoms. The van der Waals surface area contributed by atoms with Gasteiger partial charge in [-0.1, -0.05) is 0 Å². The Balaban J connectivity index is 2.22. The van der Waals surface area contributed by atoms with Crippen LogP contribution in [0.15, 0.2) is 34.8 Å². The highest BCUT2D eigenvalue weighted by Gasteiger charge is 2.14. The predicted molar refractivity (Wildman–Crippen MR) is 82.3 cm³/mol. The molecule has 1 aromatic heterocycles. The Labute approximate surface area is 129 Å². The van der Waals surface area contributed by atoms with Gasteiger partial charge in [-0.3, -0.25) is 0 Å². The van der Waals surface area contributed by atoms with Crippen LogP contribution in [-0.2, 0) is 0 Å². The number of ether oxygens (including phenoxy) is 2. The second-order valence-electron chi connectivity index (χ2n) is 4.41. The molecule has 21 heavy (non-hydrogen) atoms. The molecule has 0 amide bonds. The summed E-state index contributed by atoms with van der Waals surface area (Å²) in [6.45, 7) is 0. The average molecular weight is 351 g/mol. The second-order valence-corrected chi connectivity index (χ2v) is 5.26. The van der Waals surface area contributed by atoms with E-state index in [-0.39, 0.29) is 5.82 Å². The van der Waals surface area contributed by atoms with E-state index in [1.165, 1.54) is 6.07 Å². The summed E-state index contributed by atoms with van der Waals surface area (Å²) in [4.78, 5) is 7.65. The van der Waals surface area contributed by atoms with Gasteiger partial charge in [-0.2, -0.15) is 0 Å². The lowest BCUT2D eigenvalue weighted by Gasteiger charge is -2.04. The van der Waals surface area contributed by atoms with Gasteiger partial charge in [-0.05, 0) is 46.3 Å². The van der Waals surface area contributed by atoms with E-state index in [1.807, 2.05) is 0 Å². The lowest BCUT2D eigenvalue weighted by Crippen LogP contribution is -1.88. The van der Waals surface area contributed by atoms with E-state index in [0.717, 1.165) is 5.52 Å². The first-order valence-electron chi connectivity index (χ1n) is 6.20. The smallest absolute Gasteiger partial charge is 0.146 e. The number of hydrogen-bond donors (Lipinski definition) is 1. The van der Waals surface area contributed by atoms with Gasteiger partial charge in [-0.25, -0.2) is 9.37 Å². The van der Waals surface area contributed by atoms with Crippen LogP contribution >= 0.6 is 15.9 Å². The third-order valence-electron chi connectivity index (χ3n) is 3.20. The largest absolute Gasteiger partial charge is 0.494 e. The zero-order valence-corrected chi connectivity index (χ0v) is 13.0. The summed E-state index contributed by atoms with van der Waals surface area (Å²) in [6.07, 6.45) is 0. The van der Waals surface area contributed by atoms with Crippen LogP contribution in [0.5, 0.6) is 11.5 Å². The molecule has 108 valence electrons. The summed E-state index contributed by atoms with van der Waals surface area (Å²) in [5, 5.41) is 0. The van der Waals surface area contributed by atoms with Crippen molar-refractivity contribution in [2.75, 3.05) is 14.2 Å². The molecule has 0 saturated heterocycles. The summed E-state index contributed by atoms with van der Waals surface area (Å²) in [7, 11) is 3.16. The van der Waals surface area contributed by atoms with Gasteiger partial charge in [0, 0.05) is 5.56 Å². The fourth-order valence-electron chi connectivity index (χ4n) is 2.16. The second kappa shape index (κ2) is 5.37. The Morgan fingerprint density at radius 2 is 1.81 bits per heavy atom. The predicted octanol–water partition coefficient (Wildman–Crippen LogP) is 4.15.